The second-order valence-corrected chi connectivity index (χ2v) is 4.69. The van der Waals surface area contributed by atoms with Gasteiger partial charge in [-0.3, -0.25) is 4.79 Å². The Balaban J connectivity index is 1.73. The molecule has 5 heteroatoms. The Labute approximate surface area is 93.9 Å². The SMILES string of the molecule is O=c1cc(NC2CN3CCC2CC3)nc[nH]1. The van der Waals surface area contributed by atoms with Crippen LogP contribution in [0.25, 0.3) is 0 Å². The van der Waals surface area contributed by atoms with E-state index in [0.717, 1.165) is 12.5 Å². The van der Waals surface area contributed by atoms with Crippen molar-refractivity contribution in [3.63, 3.8) is 0 Å². The predicted octanol–water partition coefficient (Wildman–Crippen LogP) is 0.276. The molecule has 3 aliphatic rings. The lowest BCUT2D eigenvalue weighted by molar-refractivity contribution is 0.0974. The predicted molar refractivity (Wildman–Crippen MR) is 61.4 cm³/mol. The zero-order chi connectivity index (χ0) is 11.0. The standard InChI is InChI=1S/C11H16N4O/c16-11-5-10(12-7-13-11)14-9-6-15-3-1-8(9)2-4-15/h5,7-9H,1-4,6H2,(H2,12,13,14,16). The molecule has 1 atom stereocenters. The molecule has 5 nitrogen and oxygen atoms in total. The third-order valence-corrected chi connectivity index (χ3v) is 3.67. The van der Waals surface area contributed by atoms with Crippen molar-refractivity contribution in [2.45, 2.75) is 18.9 Å². The summed E-state index contributed by atoms with van der Waals surface area (Å²) in [6.45, 7) is 3.54. The maximum atomic E-state index is 11.1. The second kappa shape index (κ2) is 3.90. The van der Waals surface area contributed by atoms with Gasteiger partial charge in [0.05, 0.1) is 6.33 Å². The fraction of sp³-hybridized carbons (Fsp3) is 0.636. The molecule has 3 saturated heterocycles. The number of fused-ring (bicyclic) bond motifs is 3. The Morgan fingerprint density at radius 1 is 1.44 bits per heavy atom. The summed E-state index contributed by atoms with van der Waals surface area (Å²) in [6, 6.07) is 1.98. The Morgan fingerprint density at radius 2 is 2.25 bits per heavy atom. The number of rotatable bonds is 2. The van der Waals surface area contributed by atoms with Crippen LogP contribution in [-0.4, -0.2) is 40.5 Å². The van der Waals surface area contributed by atoms with Crippen LogP contribution in [0.4, 0.5) is 5.82 Å². The van der Waals surface area contributed by atoms with Crippen molar-refractivity contribution in [1.82, 2.24) is 14.9 Å². The van der Waals surface area contributed by atoms with Crippen LogP contribution in [0.15, 0.2) is 17.2 Å². The van der Waals surface area contributed by atoms with Crippen molar-refractivity contribution < 1.29 is 0 Å². The molecule has 1 aromatic rings. The van der Waals surface area contributed by atoms with Gasteiger partial charge in [0.25, 0.3) is 5.56 Å². The van der Waals surface area contributed by atoms with E-state index in [9.17, 15) is 4.79 Å². The van der Waals surface area contributed by atoms with Crippen molar-refractivity contribution in [1.29, 1.82) is 0 Å². The van der Waals surface area contributed by atoms with Gasteiger partial charge < -0.3 is 15.2 Å². The van der Waals surface area contributed by atoms with E-state index in [1.165, 1.54) is 38.3 Å². The Morgan fingerprint density at radius 3 is 2.88 bits per heavy atom. The van der Waals surface area contributed by atoms with Crippen LogP contribution in [0, 0.1) is 5.92 Å². The molecule has 0 spiro atoms. The van der Waals surface area contributed by atoms with E-state index in [1.54, 1.807) is 0 Å². The molecule has 0 aromatic carbocycles. The molecule has 0 amide bonds. The van der Waals surface area contributed by atoms with Crippen molar-refractivity contribution in [3.05, 3.63) is 22.7 Å². The van der Waals surface area contributed by atoms with Crippen LogP contribution in [0.1, 0.15) is 12.8 Å². The summed E-state index contributed by atoms with van der Waals surface area (Å²) in [7, 11) is 0. The fourth-order valence-electron chi connectivity index (χ4n) is 2.77. The number of hydrogen-bond acceptors (Lipinski definition) is 4. The molecular formula is C11H16N4O. The first-order valence-corrected chi connectivity index (χ1v) is 5.85. The summed E-state index contributed by atoms with van der Waals surface area (Å²) >= 11 is 0. The third kappa shape index (κ3) is 1.82. The number of nitrogens with one attached hydrogen (secondary N) is 2. The van der Waals surface area contributed by atoms with Crippen molar-refractivity contribution in [3.8, 4) is 0 Å². The second-order valence-electron chi connectivity index (χ2n) is 4.69. The summed E-state index contributed by atoms with van der Waals surface area (Å²) in [6.07, 6.45) is 3.98. The van der Waals surface area contributed by atoms with Gasteiger partial charge in [-0.1, -0.05) is 0 Å². The van der Waals surface area contributed by atoms with E-state index < -0.39 is 0 Å². The summed E-state index contributed by atoms with van der Waals surface area (Å²) in [4.78, 5) is 20.3. The van der Waals surface area contributed by atoms with Crippen molar-refractivity contribution in [2.75, 3.05) is 25.0 Å². The molecule has 0 aliphatic carbocycles. The van der Waals surface area contributed by atoms with E-state index in [2.05, 4.69) is 20.2 Å². The average Bonchev–Trinajstić information content (AvgIpc) is 2.30. The van der Waals surface area contributed by atoms with Crippen molar-refractivity contribution >= 4 is 5.82 Å². The highest BCUT2D eigenvalue weighted by atomic mass is 16.1. The van der Waals surface area contributed by atoms with E-state index in [4.69, 9.17) is 0 Å². The van der Waals surface area contributed by atoms with E-state index in [1.807, 2.05) is 0 Å². The summed E-state index contributed by atoms with van der Waals surface area (Å²) in [5.41, 5.74) is -0.0984. The van der Waals surface area contributed by atoms with Gasteiger partial charge in [-0.15, -0.1) is 0 Å². The van der Waals surface area contributed by atoms with Gasteiger partial charge in [-0.25, -0.2) is 4.98 Å². The van der Waals surface area contributed by atoms with E-state index in [0.29, 0.717) is 11.9 Å². The molecular weight excluding hydrogens is 204 g/mol. The van der Waals surface area contributed by atoms with Gasteiger partial charge in [-0.05, 0) is 31.8 Å². The van der Waals surface area contributed by atoms with Gasteiger partial charge >= 0.3 is 0 Å². The molecule has 1 unspecified atom stereocenters. The van der Waals surface area contributed by atoms with Crippen LogP contribution in [0.5, 0.6) is 0 Å². The highest BCUT2D eigenvalue weighted by Gasteiger charge is 2.34. The number of piperidine rings is 3. The summed E-state index contributed by atoms with van der Waals surface area (Å²) in [5.74, 6) is 1.44. The molecule has 16 heavy (non-hydrogen) atoms. The Bertz CT molecular complexity index is 422. The average molecular weight is 220 g/mol. The van der Waals surface area contributed by atoms with Crippen LogP contribution >= 0.6 is 0 Å². The number of anilines is 1. The number of hydrogen-bond donors (Lipinski definition) is 2. The Kier molecular flexibility index (Phi) is 2.40. The molecule has 4 rings (SSSR count). The van der Waals surface area contributed by atoms with Crippen LogP contribution in [-0.2, 0) is 0 Å². The molecule has 3 aliphatic heterocycles. The highest BCUT2D eigenvalue weighted by Crippen LogP contribution is 2.28. The zero-order valence-electron chi connectivity index (χ0n) is 9.15. The molecule has 3 fully saturated rings. The van der Waals surface area contributed by atoms with Gasteiger partial charge in [0.15, 0.2) is 0 Å². The van der Waals surface area contributed by atoms with Crippen molar-refractivity contribution in [2.24, 2.45) is 5.92 Å². The maximum Gasteiger partial charge on any atom is 0.252 e. The Hall–Kier alpha value is -1.36. The quantitative estimate of drug-likeness (QED) is 0.751. The summed E-state index contributed by atoms with van der Waals surface area (Å²) < 4.78 is 0. The molecule has 86 valence electrons. The first kappa shape index (κ1) is 9.84. The lowest BCUT2D eigenvalue weighted by Crippen LogP contribution is -2.53. The molecule has 2 N–H and O–H groups in total. The number of nitrogens with zero attached hydrogens (tertiary/aromatic N) is 2. The highest BCUT2D eigenvalue weighted by molar-refractivity contribution is 5.34. The van der Waals surface area contributed by atoms with Gasteiger partial charge in [0.1, 0.15) is 5.82 Å². The third-order valence-electron chi connectivity index (χ3n) is 3.67. The maximum absolute atomic E-state index is 11.1. The number of aromatic nitrogens is 2. The smallest absolute Gasteiger partial charge is 0.252 e. The monoisotopic (exact) mass is 220 g/mol. The number of aromatic amines is 1. The van der Waals surface area contributed by atoms with Gasteiger partial charge in [0, 0.05) is 18.7 Å². The largest absolute Gasteiger partial charge is 0.366 e. The lowest BCUT2D eigenvalue weighted by atomic mass is 9.84. The molecule has 1 aromatic heterocycles. The fourth-order valence-corrected chi connectivity index (χ4v) is 2.77. The molecule has 2 bridgehead atoms. The first-order valence-electron chi connectivity index (χ1n) is 5.85. The minimum Gasteiger partial charge on any atom is -0.366 e. The van der Waals surface area contributed by atoms with Crippen LogP contribution in [0.2, 0.25) is 0 Å². The summed E-state index contributed by atoms with van der Waals surface area (Å²) in [5, 5.41) is 3.38. The van der Waals surface area contributed by atoms with E-state index in [-0.39, 0.29) is 5.56 Å². The topological polar surface area (TPSA) is 61.0 Å². The number of H-pyrrole nitrogens is 1. The van der Waals surface area contributed by atoms with Gasteiger partial charge in [-0.2, -0.15) is 0 Å². The van der Waals surface area contributed by atoms with Gasteiger partial charge in [0.2, 0.25) is 0 Å². The minimum atomic E-state index is -0.0984. The molecule has 0 radical (unpaired) electrons. The normalized spacial score (nSPS) is 32.6. The van der Waals surface area contributed by atoms with Crippen LogP contribution in [0.3, 0.4) is 0 Å². The zero-order valence-corrected chi connectivity index (χ0v) is 9.15. The van der Waals surface area contributed by atoms with Crippen LogP contribution < -0.4 is 10.9 Å². The first-order chi connectivity index (χ1) is 7.81. The lowest BCUT2D eigenvalue weighted by Gasteiger charge is -2.45. The van der Waals surface area contributed by atoms with E-state index >= 15 is 0 Å². The molecule has 0 saturated carbocycles. The minimum absolute atomic E-state index is 0.0984. The molecule has 4 heterocycles.